The molecule has 4 rings (SSSR count). The molecule has 0 bridgehead atoms. The van der Waals surface area contributed by atoms with Gasteiger partial charge in [0.1, 0.15) is 11.5 Å². The maximum absolute atomic E-state index is 14.3. The molecule has 0 radical (unpaired) electrons. The number of Topliss-reactive ketones (excluding diaryl/α,β-unsaturated/α-hetero) is 1. The minimum atomic E-state index is -1.33. The number of rotatable bonds is 8. The van der Waals surface area contributed by atoms with E-state index in [0.717, 1.165) is 28.8 Å². The maximum atomic E-state index is 14.3. The Balaban J connectivity index is 1.46. The van der Waals surface area contributed by atoms with Gasteiger partial charge in [0.2, 0.25) is 0 Å². The van der Waals surface area contributed by atoms with Gasteiger partial charge in [-0.1, -0.05) is 31.2 Å². The monoisotopic (exact) mass is 420 g/mol. The molecule has 2 aromatic heterocycles. The summed E-state index contributed by atoms with van der Waals surface area (Å²) >= 11 is 0. The van der Waals surface area contributed by atoms with Crippen molar-refractivity contribution in [2.75, 3.05) is 11.9 Å². The lowest BCUT2D eigenvalue weighted by Crippen LogP contribution is -2.28. The Labute approximate surface area is 182 Å². The lowest BCUT2D eigenvalue weighted by Gasteiger charge is -2.20. The van der Waals surface area contributed by atoms with Gasteiger partial charge in [0.15, 0.2) is 5.78 Å². The van der Waals surface area contributed by atoms with E-state index >= 15 is 0 Å². The molecular formula is C25H29FN4O. The van der Waals surface area contributed by atoms with Crippen LogP contribution in [-0.4, -0.2) is 32.8 Å². The standard InChI is InChI=1S/C25H29FN4O/c1-4-25(3,26)16-28-24-22-19(10-11-27-24)13-20(23(22)31)12-17-6-8-18(9-7-17)21-14-29-30(5-2)15-21/h6-11,14-15,20H,4-5,12-13,16H2,1-3H3,(H,27,28). The predicted octanol–water partition coefficient (Wildman–Crippen LogP) is 5.11. The van der Waals surface area contributed by atoms with Gasteiger partial charge in [-0.05, 0) is 55.9 Å². The van der Waals surface area contributed by atoms with Crippen LogP contribution in [0.4, 0.5) is 10.2 Å². The molecule has 0 saturated heterocycles. The van der Waals surface area contributed by atoms with Gasteiger partial charge in [-0.15, -0.1) is 0 Å². The van der Waals surface area contributed by atoms with E-state index in [1.54, 1.807) is 13.1 Å². The summed E-state index contributed by atoms with van der Waals surface area (Å²) in [5.74, 6) is 0.484. The third kappa shape index (κ3) is 4.53. The number of pyridine rings is 1. The largest absolute Gasteiger partial charge is 0.366 e. The van der Waals surface area contributed by atoms with Crippen LogP contribution in [0.3, 0.4) is 0 Å². The Morgan fingerprint density at radius 3 is 2.65 bits per heavy atom. The number of ketones is 1. The third-order valence-electron chi connectivity index (χ3n) is 6.21. The van der Waals surface area contributed by atoms with Crippen molar-refractivity contribution in [2.45, 2.75) is 52.2 Å². The van der Waals surface area contributed by atoms with Gasteiger partial charge in [0.05, 0.1) is 18.3 Å². The number of aryl methyl sites for hydroxylation is 1. The summed E-state index contributed by atoms with van der Waals surface area (Å²) in [5.41, 5.74) is 3.62. The van der Waals surface area contributed by atoms with Crippen molar-refractivity contribution in [1.82, 2.24) is 14.8 Å². The number of nitrogens with one attached hydrogen (secondary N) is 1. The molecule has 5 nitrogen and oxygen atoms in total. The molecule has 3 aromatic rings. The second kappa shape index (κ2) is 8.61. The van der Waals surface area contributed by atoms with Crippen molar-refractivity contribution >= 4 is 11.6 Å². The first-order chi connectivity index (χ1) is 14.9. The van der Waals surface area contributed by atoms with Crippen LogP contribution in [0, 0.1) is 5.92 Å². The molecule has 31 heavy (non-hydrogen) atoms. The Kier molecular flexibility index (Phi) is 5.90. The van der Waals surface area contributed by atoms with Crippen molar-refractivity contribution in [3.63, 3.8) is 0 Å². The molecule has 6 heteroatoms. The number of anilines is 1. The lowest BCUT2D eigenvalue weighted by atomic mass is 9.94. The topological polar surface area (TPSA) is 59.8 Å². The summed E-state index contributed by atoms with van der Waals surface area (Å²) in [5, 5.41) is 7.40. The first-order valence-corrected chi connectivity index (χ1v) is 11.0. The summed E-state index contributed by atoms with van der Waals surface area (Å²) < 4.78 is 16.2. The lowest BCUT2D eigenvalue weighted by molar-refractivity contribution is 0.0936. The quantitative estimate of drug-likeness (QED) is 0.550. The maximum Gasteiger partial charge on any atom is 0.170 e. The normalized spacial score (nSPS) is 17.4. The number of aromatic nitrogens is 3. The number of hydrogen-bond donors (Lipinski definition) is 1. The number of carbonyl (C=O) groups excluding carboxylic acids is 1. The second-order valence-corrected chi connectivity index (χ2v) is 8.57. The molecule has 1 aliphatic rings. The van der Waals surface area contributed by atoms with Crippen molar-refractivity contribution in [3.8, 4) is 11.1 Å². The van der Waals surface area contributed by atoms with Crippen LogP contribution in [0.1, 0.15) is 48.7 Å². The van der Waals surface area contributed by atoms with Crippen LogP contribution in [0.25, 0.3) is 11.1 Å². The molecule has 0 fully saturated rings. The molecule has 2 atom stereocenters. The van der Waals surface area contributed by atoms with Gasteiger partial charge >= 0.3 is 0 Å². The number of benzene rings is 1. The Bertz CT molecular complexity index is 1070. The summed E-state index contributed by atoms with van der Waals surface area (Å²) in [7, 11) is 0. The first kappa shape index (κ1) is 21.2. The Morgan fingerprint density at radius 2 is 1.97 bits per heavy atom. The third-order valence-corrected chi connectivity index (χ3v) is 6.21. The highest BCUT2D eigenvalue weighted by molar-refractivity contribution is 6.06. The second-order valence-electron chi connectivity index (χ2n) is 8.57. The molecule has 1 aliphatic carbocycles. The smallest absolute Gasteiger partial charge is 0.170 e. The highest BCUT2D eigenvalue weighted by Gasteiger charge is 2.34. The molecule has 0 spiro atoms. The minimum Gasteiger partial charge on any atom is -0.366 e. The fraction of sp³-hybridized carbons (Fsp3) is 0.400. The van der Waals surface area contributed by atoms with Gasteiger partial charge in [0, 0.05) is 30.4 Å². The fourth-order valence-electron chi connectivity index (χ4n) is 4.00. The number of alkyl halides is 1. The van der Waals surface area contributed by atoms with Gasteiger partial charge in [-0.2, -0.15) is 5.10 Å². The van der Waals surface area contributed by atoms with E-state index in [-0.39, 0.29) is 18.2 Å². The SMILES string of the molecule is CCn1cc(-c2ccc(CC3Cc4ccnc(NCC(C)(F)CC)c4C3=O)cc2)cn1. The fourth-order valence-corrected chi connectivity index (χ4v) is 4.00. The van der Waals surface area contributed by atoms with Gasteiger partial charge < -0.3 is 5.32 Å². The minimum absolute atomic E-state index is 0.0935. The molecule has 1 N–H and O–H groups in total. The summed E-state index contributed by atoms with van der Waals surface area (Å²) in [6.45, 7) is 6.42. The predicted molar refractivity (Wildman–Crippen MR) is 121 cm³/mol. The van der Waals surface area contributed by atoms with Crippen molar-refractivity contribution in [1.29, 1.82) is 0 Å². The zero-order valence-electron chi connectivity index (χ0n) is 18.4. The number of hydrogen-bond acceptors (Lipinski definition) is 4. The van der Waals surface area contributed by atoms with E-state index in [2.05, 4.69) is 46.6 Å². The van der Waals surface area contributed by atoms with Crippen molar-refractivity contribution < 1.29 is 9.18 Å². The summed E-state index contributed by atoms with van der Waals surface area (Å²) in [6.07, 6.45) is 7.38. The van der Waals surface area contributed by atoms with Crippen molar-refractivity contribution in [2.24, 2.45) is 5.92 Å². The van der Waals surface area contributed by atoms with Crippen LogP contribution in [0.15, 0.2) is 48.9 Å². The zero-order chi connectivity index (χ0) is 22.0. The molecule has 2 heterocycles. The average Bonchev–Trinajstić information content (AvgIpc) is 3.38. The summed E-state index contributed by atoms with van der Waals surface area (Å²) in [6, 6.07) is 10.2. The van der Waals surface area contributed by atoms with Gasteiger partial charge in [-0.25, -0.2) is 9.37 Å². The van der Waals surface area contributed by atoms with Crippen LogP contribution in [0.5, 0.6) is 0 Å². The highest BCUT2D eigenvalue weighted by atomic mass is 19.1. The molecule has 0 saturated carbocycles. The van der Waals surface area contributed by atoms with E-state index in [1.165, 1.54) is 0 Å². The number of halogens is 1. The Hall–Kier alpha value is -3.02. The van der Waals surface area contributed by atoms with E-state index in [9.17, 15) is 9.18 Å². The molecule has 1 aromatic carbocycles. The van der Waals surface area contributed by atoms with Gasteiger partial charge in [-0.3, -0.25) is 9.48 Å². The van der Waals surface area contributed by atoms with Crippen LogP contribution in [0.2, 0.25) is 0 Å². The van der Waals surface area contributed by atoms with Gasteiger partial charge in [0.25, 0.3) is 0 Å². The average molecular weight is 421 g/mol. The van der Waals surface area contributed by atoms with Crippen LogP contribution >= 0.6 is 0 Å². The zero-order valence-corrected chi connectivity index (χ0v) is 18.4. The van der Waals surface area contributed by atoms with Crippen LogP contribution in [-0.2, 0) is 19.4 Å². The number of nitrogens with zero attached hydrogens (tertiary/aromatic N) is 3. The highest BCUT2D eigenvalue weighted by Crippen LogP contribution is 2.33. The molecule has 0 amide bonds. The van der Waals surface area contributed by atoms with E-state index in [4.69, 9.17) is 0 Å². The first-order valence-electron chi connectivity index (χ1n) is 11.0. The van der Waals surface area contributed by atoms with Crippen LogP contribution < -0.4 is 5.32 Å². The number of carbonyl (C=O) groups is 1. The summed E-state index contributed by atoms with van der Waals surface area (Å²) in [4.78, 5) is 17.5. The molecule has 2 unspecified atom stereocenters. The number of fused-ring (bicyclic) bond motifs is 1. The molecule has 0 aliphatic heterocycles. The molecule has 162 valence electrons. The van der Waals surface area contributed by atoms with E-state index in [0.29, 0.717) is 30.6 Å². The molecular weight excluding hydrogens is 391 g/mol. The van der Waals surface area contributed by atoms with Crippen molar-refractivity contribution in [3.05, 3.63) is 65.6 Å². The Morgan fingerprint density at radius 1 is 1.19 bits per heavy atom. The van der Waals surface area contributed by atoms with E-state index < -0.39 is 5.67 Å². The van der Waals surface area contributed by atoms with E-state index in [1.807, 2.05) is 30.1 Å².